The summed E-state index contributed by atoms with van der Waals surface area (Å²) >= 11 is 2.02. The lowest BCUT2D eigenvalue weighted by atomic mass is 10.2. The van der Waals surface area contributed by atoms with Crippen LogP contribution in [-0.4, -0.2) is 48.1 Å². The molecule has 0 bridgehead atoms. The molecular formula is C19H24N2O3S. The molecule has 1 unspecified atom stereocenters. The van der Waals surface area contributed by atoms with E-state index in [-0.39, 0.29) is 12.0 Å². The first kappa shape index (κ1) is 17.9. The van der Waals surface area contributed by atoms with E-state index in [1.165, 1.54) is 29.6 Å². The Morgan fingerprint density at radius 2 is 2.20 bits per heavy atom. The highest BCUT2D eigenvalue weighted by atomic mass is 32.2. The van der Waals surface area contributed by atoms with Crippen LogP contribution in [0.1, 0.15) is 22.8 Å². The van der Waals surface area contributed by atoms with Crippen molar-refractivity contribution in [3.8, 4) is 5.75 Å². The zero-order chi connectivity index (χ0) is 17.5. The van der Waals surface area contributed by atoms with Crippen LogP contribution in [0.3, 0.4) is 0 Å². The standard InChI is InChI=1S/C19H24N2O3S/c1-15(12-20-19(22)17-5-8-23-14-17)24-18-4-2-3-16(11-18)13-21-6-9-25-10-7-21/h2-5,8,11,14-15H,6-7,9-10,12-13H2,1H3,(H,20,22). The number of ether oxygens (including phenoxy) is 1. The van der Waals surface area contributed by atoms with Crippen LogP contribution in [0.2, 0.25) is 0 Å². The normalized spacial score (nSPS) is 16.4. The monoisotopic (exact) mass is 360 g/mol. The highest BCUT2D eigenvalue weighted by Gasteiger charge is 2.12. The molecule has 1 N–H and O–H groups in total. The van der Waals surface area contributed by atoms with E-state index in [4.69, 9.17) is 9.15 Å². The van der Waals surface area contributed by atoms with E-state index in [1.807, 2.05) is 30.8 Å². The fourth-order valence-corrected chi connectivity index (χ4v) is 3.72. The summed E-state index contributed by atoms with van der Waals surface area (Å²) in [5.74, 6) is 3.11. The Morgan fingerprint density at radius 3 is 2.96 bits per heavy atom. The Balaban J connectivity index is 1.48. The molecule has 0 saturated carbocycles. The number of hydrogen-bond donors (Lipinski definition) is 1. The van der Waals surface area contributed by atoms with E-state index in [0.29, 0.717) is 12.1 Å². The summed E-state index contributed by atoms with van der Waals surface area (Å²) in [5.41, 5.74) is 1.79. The average molecular weight is 360 g/mol. The Labute approximate surface area is 152 Å². The van der Waals surface area contributed by atoms with Gasteiger partial charge < -0.3 is 14.5 Å². The molecule has 1 aliphatic rings. The topological polar surface area (TPSA) is 54.7 Å². The second-order valence-electron chi connectivity index (χ2n) is 6.19. The molecule has 5 nitrogen and oxygen atoms in total. The summed E-state index contributed by atoms with van der Waals surface area (Å²) in [7, 11) is 0. The first-order valence-corrected chi connectivity index (χ1v) is 9.72. The van der Waals surface area contributed by atoms with Crippen molar-refractivity contribution in [2.45, 2.75) is 19.6 Å². The average Bonchev–Trinajstić information content (AvgIpc) is 3.16. The molecule has 0 spiro atoms. The van der Waals surface area contributed by atoms with Crippen LogP contribution < -0.4 is 10.1 Å². The van der Waals surface area contributed by atoms with Gasteiger partial charge in [0.1, 0.15) is 18.1 Å². The number of furan rings is 1. The van der Waals surface area contributed by atoms with Crippen LogP contribution in [0.4, 0.5) is 0 Å². The number of rotatable bonds is 7. The van der Waals surface area contributed by atoms with Gasteiger partial charge >= 0.3 is 0 Å². The molecule has 2 heterocycles. The van der Waals surface area contributed by atoms with Crippen molar-refractivity contribution in [1.29, 1.82) is 0 Å². The fraction of sp³-hybridized carbons (Fsp3) is 0.421. The molecule has 25 heavy (non-hydrogen) atoms. The number of thioether (sulfide) groups is 1. The molecule has 0 aliphatic carbocycles. The highest BCUT2D eigenvalue weighted by Crippen LogP contribution is 2.18. The van der Waals surface area contributed by atoms with Crippen molar-refractivity contribution < 1.29 is 13.9 Å². The van der Waals surface area contributed by atoms with Crippen molar-refractivity contribution in [3.63, 3.8) is 0 Å². The van der Waals surface area contributed by atoms with Gasteiger partial charge in [-0.05, 0) is 30.7 Å². The fourth-order valence-electron chi connectivity index (χ4n) is 2.74. The lowest BCUT2D eigenvalue weighted by Gasteiger charge is -2.26. The van der Waals surface area contributed by atoms with Gasteiger partial charge in [0.2, 0.25) is 0 Å². The zero-order valence-corrected chi connectivity index (χ0v) is 15.3. The van der Waals surface area contributed by atoms with Gasteiger partial charge in [-0.2, -0.15) is 11.8 Å². The Hall–Kier alpha value is -1.92. The van der Waals surface area contributed by atoms with Crippen LogP contribution in [0.25, 0.3) is 0 Å². The molecule has 1 fully saturated rings. The maximum Gasteiger partial charge on any atom is 0.254 e. The molecule has 1 saturated heterocycles. The van der Waals surface area contributed by atoms with Crippen molar-refractivity contribution in [1.82, 2.24) is 10.2 Å². The van der Waals surface area contributed by atoms with Gasteiger partial charge in [0.15, 0.2) is 0 Å². The van der Waals surface area contributed by atoms with Gasteiger partial charge in [-0.3, -0.25) is 9.69 Å². The number of nitrogens with zero attached hydrogens (tertiary/aromatic N) is 1. The summed E-state index contributed by atoms with van der Waals surface area (Å²) in [4.78, 5) is 14.4. The molecular weight excluding hydrogens is 336 g/mol. The Bertz CT molecular complexity index is 669. The van der Waals surface area contributed by atoms with Gasteiger partial charge in [-0.25, -0.2) is 0 Å². The highest BCUT2D eigenvalue weighted by molar-refractivity contribution is 7.99. The molecule has 0 radical (unpaired) electrons. The lowest BCUT2D eigenvalue weighted by Crippen LogP contribution is -2.33. The molecule has 1 amide bonds. The zero-order valence-electron chi connectivity index (χ0n) is 14.4. The van der Waals surface area contributed by atoms with Crippen LogP contribution in [0, 0.1) is 0 Å². The first-order chi connectivity index (χ1) is 12.2. The van der Waals surface area contributed by atoms with Gasteiger partial charge in [-0.1, -0.05) is 12.1 Å². The predicted molar refractivity (Wildman–Crippen MR) is 100 cm³/mol. The van der Waals surface area contributed by atoms with Gasteiger partial charge in [-0.15, -0.1) is 0 Å². The minimum absolute atomic E-state index is 0.113. The number of carbonyl (C=O) groups excluding carboxylic acids is 1. The van der Waals surface area contributed by atoms with Crippen LogP contribution >= 0.6 is 11.8 Å². The smallest absolute Gasteiger partial charge is 0.254 e. The number of hydrogen-bond acceptors (Lipinski definition) is 5. The third-order valence-corrected chi connectivity index (χ3v) is 5.02. The summed E-state index contributed by atoms with van der Waals surface area (Å²) < 4.78 is 10.9. The molecule has 1 atom stereocenters. The Morgan fingerprint density at radius 1 is 1.36 bits per heavy atom. The number of benzene rings is 1. The van der Waals surface area contributed by atoms with E-state index in [9.17, 15) is 4.79 Å². The third kappa shape index (κ3) is 5.54. The van der Waals surface area contributed by atoms with Gasteiger partial charge in [0.05, 0.1) is 18.4 Å². The lowest BCUT2D eigenvalue weighted by molar-refractivity contribution is 0.0931. The molecule has 1 aromatic carbocycles. The maximum absolute atomic E-state index is 11.9. The number of nitrogens with one attached hydrogen (secondary N) is 1. The van der Waals surface area contributed by atoms with Crippen molar-refractivity contribution in [3.05, 3.63) is 54.0 Å². The van der Waals surface area contributed by atoms with Gasteiger partial charge in [0, 0.05) is 31.1 Å². The third-order valence-electron chi connectivity index (χ3n) is 4.08. The van der Waals surface area contributed by atoms with E-state index in [2.05, 4.69) is 22.3 Å². The Kier molecular flexibility index (Phi) is 6.42. The second kappa shape index (κ2) is 8.97. The molecule has 6 heteroatoms. The van der Waals surface area contributed by atoms with Crippen molar-refractivity contribution >= 4 is 17.7 Å². The molecule has 1 aliphatic heterocycles. The minimum atomic E-state index is -0.152. The predicted octanol–water partition coefficient (Wildman–Crippen LogP) is 3.03. The molecule has 2 aromatic rings. The molecule has 1 aromatic heterocycles. The van der Waals surface area contributed by atoms with E-state index in [1.54, 1.807) is 6.07 Å². The largest absolute Gasteiger partial charge is 0.489 e. The van der Waals surface area contributed by atoms with Crippen LogP contribution in [0.5, 0.6) is 5.75 Å². The summed E-state index contributed by atoms with van der Waals surface area (Å²) in [6.07, 6.45) is 2.81. The number of carbonyl (C=O) groups is 1. The summed E-state index contributed by atoms with van der Waals surface area (Å²) in [6.45, 7) is 5.64. The molecule has 134 valence electrons. The summed E-state index contributed by atoms with van der Waals surface area (Å²) in [6, 6.07) is 9.86. The SMILES string of the molecule is CC(CNC(=O)c1ccoc1)Oc1cccc(CN2CCSCC2)c1. The second-order valence-corrected chi connectivity index (χ2v) is 7.41. The number of amides is 1. The quantitative estimate of drug-likeness (QED) is 0.823. The summed E-state index contributed by atoms with van der Waals surface area (Å²) in [5, 5.41) is 2.85. The van der Waals surface area contributed by atoms with Crippen molar-refractivity contribution in [2.24, 2.45) is 0 Å². The van der Waals surface area contributed by atoms with E-state index < -0.39 is 0 Å². The maximum atomic E-state index is 11.9. The van der Waals surface area contributed by atoms with Crippen LogP contribution in [0.15, 0.2) is 47.3 Å². The minimum Gasteiger partial charge on any atom is -0.489 e. The molecule has 3 rings (SSSR count). The van der Waals surface area contributed by atoms with Crippen LogP contribution in [-0.2, 0) is 6.54 Å². The first-order valence-electron chi connectivity index (χ1n) is 8.57. The van der Waals surface area contributed by atoms with Crippen molar-refractivity contribution in [2.75, 3.05) is 31.1 Å². The van der Waals surface area contributed by atoms with E-state index >= 15 is 0 Å². The van der Waals surface area contributed by atoms with Gasteiger partial charge in [0.25, 0.3) is 5.91 Å². The van der Waals surface area contributed by atoms with E-state index in [0.717, 1.165) is 25.4 Å².